The first kappa shape index (κ1) is 16.4. The molecule has 0 aliphatic rings. The first-order chi connectivity index (χ1) is 11.5. The van der Waals surface area contributed by atoms with Gasteiger partial charge in [0.2, 0.25) is 5.75 Å². The summed E-state index contributed by atoms with van der Waals surface area (Å²) in [5.74, 6) is 0.373. The van der Waals surface area contributed by atoms with E-state index in [0.717, 1.165) is 6.54 Å². The van der Waals surface area contributed by atoms with Crippen LogP contribution in [0.15, 0.2) is 32.0 Å². The smallest absolute Gasteiger partial charge is 0.206 e. The lowest BCUT2D eigenvalue weighted by Gasteiger charge is -2.14. The average Bonchev–Trinajstić information content (AvgIpc) is 3.01. The highest BCUT2D eigenvalue weighted by Crippen LogP contribution is 2.41. The molecule has 24 heavy (non-hydrogen) atoms. The van der Waals surface area contributed by atoms with Crippen molar-refractivity contribution in [2.45, 2.75) is 20.0 Å². The van der Waals surface area contributed by atoms with Gasteiger partial charge < -0.3 is 29.1 Å². The summed E-state index contributed by atoms with van der Waals surface area (Å²) in [5.41, 5.74) is 0.00685. The molecule has 1 atom stereocenters. The molecule has 0 amide bonds. The van der Waals surface area contributed by atoms with Gasteiger partial charge in [0.1, 0.15) is 29.6 Å². The predicted molar refractivity (Wildman–Crippen MR) is 88.7 cm³/mol. The van der Waals surface area contributed by atoms with E-state index in [-0.39, 0.29) is 40.1 Å². The lowest BCUT2D eigenvalue weighted by Crippen LogP contribution is -2.31. The molecule has 2 aromatic heterocycles. The fraction of sp³-hybridized carbons (Fsp3) is 0.353. The van der Waals surface area contributed by atoms with Crippen LogP contribution in [0.1, 0.15) is 12.7 Å². The van der Waals surface area contributed by atoms with Crippen molar-refractivity contribution in [3.05, 3.63) is 34.4 Å². The molecule has 1 unspecified atom stereocenters. The van der Waals surface area contributed by atoms with Crippen LogP contribution in [0.3, 0.4) is 0 Å². The van der Waals surface area contributed by atoms with Crippen LogP contribution in [-0.2, 0) is 0 Å². The summed E-state index contributed by atoms with van der Waals surface area (Å²) in [6.45, 7) is 4.66. The first-order valence-corrected chi connectivity index (χ1v) is 7.71. The van der Waals surface area contributed by atoms with Gasteiger partial charge in [0.25, 0.3) is 0 Å². The molecule has 128 valence electrons. The standard InChI is InChI=1S/C17H19NO6/c1-3-18-7-10(19)8-23-17-15-11(4-5-22-15)14(21)13-12(20)6-9(2)24-16(13)17/h4-6,10,18-19,21H,3,7-8H2,1-2H3. The van der Waals surface area contributed by atoms with Gasteiger partial charge >= 0.3 is 0 Å². The van der Waals surface area contributed by atoms with Crippen LogP contribution in [-0.4, -0.2) is 36.0 Å². The molecular weight excluding hydrogens is 314 g/mol. The topological polar surface area (TPSA) is 105 Å². The van der Waals surface area contributed by atoms with Gasteiger partial charge in [-0.25, -0.2) is 0 Å². The predicted octanol–water partition coefficient (Wildman–Crippen LogP) is 1.90. The van der Waals surface area contributed by atoms with Gasteiger partial charge in [-0.15, -0.1) is 0 Å². The molecule has 3 rings (SSSR count). The first-order valence-electron chi connectivity index (χ1n) is 7.71. The van der Waals surface area contributed by atoms with Gasteiger partial charge in [-0.2, -0.15) is 0 Å². The van der Waals surface area contributed by atoms with Crippen LogP contribution in [0.2, 0.25) is 0 Å². The summed E-state index contributed by atoms with van der Waals surface area (Å²) in [4.78, 5) is 12.3. The second-order valence-electron chi connectivity index (χ2n) is 5.54. The molecule has 3 aromatic rings. The minimum atomic E-state index is -0.740. The Morgan fingerprint density at radius 3 is 2.92 bits per heavy atom. The van der Waals surface area contributed by atoms with Crippen LogP contribution < -0.4 is 15.5 Å². The Bertz CT molecular complexity index is 926. The zero-order chi connectivity index (χ0) is 17.3. The number of phenols is 1. The number of aryl methyl sites for hydroxylation is 1. The Hall–Kier alpha value is -2.51. The molecular formula is C17H19NO6. The summed E-state index contributed by atoms with van der Waals surface area (Å²) < 4.78 is 16.7. The minimum Gasteiger partial charge on any atom is -0.506 e. The molecule has 0 saturated carbocycles. The molecule has 7 nitrogen and oxygen atoms in total. The van der Waals surface area contributed by atoms with Gasteiger partial charge in [0.15, 0.2) is 16.6 Å². The lowest BCUT2D eigenvalue weighted by molar-refractivity contribution is 0.107. The molecule has 3 N–H and O–H groups in total. The second kappa shape index (κ2) is 6.54. The number of ether oxygens (including phenoxy) is 1. The third-order valence-corrected chi connectivity index (χ3v) is 3.69. The summed E-state index contributed by atoms with van der Waals surface area (Å²) in [6, 6.07) is 2.85. The summed E-state index contributed by atoms with van der Waals surface area (Å²) >= 11 is 0. The van der Waals surface area contributed by atoms with Gasteiger partial charge in [-0.3, -0.25) is 4.79 Å². The van der Waals surface area contributed by atoms with E-state index in [2.05, 4.69) is 5.32 Å². The number of nitrogens with one attached hydrogen (secondary N) is 1. The number of aliphatic hydroxyl groups excluding tert-OH is 1. The van der Waals surface area contributed by atoms with E-state index < -0.39 is 6.10 Å². The molecule has 0 radical (unpaired) electrons. The Balaban J connectivity index is 2.12. The number of rotatable bonds is 6. The van der Waals surface area contributed by atoms with E-state index in [1.54, 1.807) is 13.0 Å². The van der Waals surface area contributed by atoms with Crippen LogP contribution in [0.4, 0.5) is 0 Å². The number of likely N-dealkylation sites (N-methyl/N-ethyl adjacent to an activating group) is 1. The summed E-state index contributed by atoms with van der Waals surface area (Å²) in [5, 5.41) is 23.7. The molecule has 7 heteroatoms. The lowest BCUT2D eigenvalue weighted by atomic mass is 10.1. The molecule has 1 aromatic carbocycles. The number of hydrogen-bond acceptors (Lipinski definition) is 7. The average molecular weight is 333 g/mol. The third-order valence-electron chi connectivity index (χ3n) is 3.69. The Morgan fingerprint density at radius 2 is 2.17 bits per heavy atom. The van der Waals surface area contributed by atoms with Crippen molar-refractivity contribution >= 4 is 21.9 Å². The van der Waals surface area contributed by atoms with Gasteiger partial charge in [0, 0.05) is 12.6 Å². The largest absolute Gasteiger partial charge is 0.506 e. The van der Waals surface area contributed by atoms with E-state index in [4.69, 9.17) is 13.6 Å². The monoisotopic (exact) mass is 333 g/mol. The number of hydrogen-bond donors (Lipinski definition) is 3. The van der Waals surface area contributed by atoms with Crippen molar-refractivity contribution in [2.24, 2.45) is 0 Å². The molecule has 0 fully saturated rings. The van der Waals surface area contributed by atoms with Crippen molar-refractivity contribution < 1.29 is 23.8 Å². The van der Waals surface area contributed by atoms with Gasteiger partial charge in [-0.05, 0) is 19.5 Å². The zero-order valence-corrected chi connectivity index (χ0v) is 13.5. The maximum Gasteiger partial charge on any atom is 0.206 e. The van der Waals surface area contributed by atoms with Crippen LogP contribution >= 0.6 is 0 Å². The van der Waals surface area contributed by atoms with Crippen molar-refractivity contribution in [1.29, 1.82) is 0 Å². The zero-order valence-electron chi connectivity index (χ0n) is 13.5. The Kier molecular flexibility index (Phi) is 4.46. The highest BCUT2D eigenvalue weighted by molar-refractivity contribution is 6.06. The van der Waals surface area contributed by atoms with Crippen LogP contribution in [0.5, 0.6) is 11.5 Å². The van der Waals surface area contributed by atoms with E-state index in [0.29, 0.717) is 17.7 Å². The van der Waals surface area contributed by atoms with Crippen molar-refractivity contribution in [2.75, 3.05) is 19.7 Å². The van der Waals surface area contributed by atoms with Crippen molar-refractivity contribution in [1.82, 2.24) is 5.32 Å². The van der Waals surface area contributed by atoms with Gasteiger partial charge in [-0.1, -0.05) is 6.92 Å². The maximum atomic E-state index is 12.3. The molecule has 0 bridgehead atoms. The summed E-state index contributed by atoms with van der Waals surface area (Å²) in [6.07, 6.45) is 0.651. The quantitative estimate of drug-likeness (QED) is 0.633. The Labute approximate surface area is 137 Å². The highest BCUT2D eigenvalue weighted by Gasteiger charge is 2.22. The van der Waals surface area contributed by atoms with E-state index in [9.17, 15) is 15.0 Å². The fourth-order valence-electron chi connectivity index (χ4n) is 2.58. The SMILES string of the molecule is CCNCC(O)COc1c2occc2c(O)c2c(=O)cc(C)oc12. The minimum absolute atomic E-state index is 0.0136. The van der Waals surface area contributed by atoms with Crippen molar-refractivity contribution in [3.63, 3.8) is 0 Å². The van der Waals surface area contributed by atoms with E-state index >= 15 is 0 Å². The number of aromatic hydroxyl groups is 1. The summed E-state index contributed by atoms with van der Waals surface area (Å²) in [7, 11) is 0. The van der Waals surface area contributed by atoms with Crippen molar-refractivity contribution in [3.8, 4) is 11.5 Å². The van der Waals surface area contributed by atoms with Crippen LogP contribution in [0, 0.1) is 6.92 Å². The number of fused-ring (bicyclic) bond motifs is 2. The van der Waals surface area contributed by atoms with E-state index in [1.165, 1.54) is 12.3 Å². The third kappa shape index (κ3) is 2.83. The highest BCUT2D eigenvalue weighted by atomic mass is 16.5. The number of phenolic OH excluding ortho intramolecular Hbond substituents is 1. The van der Waals surface area contributed by atoms with E-state index in [1.807, 2.05) is 6.92 Å². The normalized spacial score (nSPS) is 12.8. The number of benzene rings is 1. The van der Waals surface area contributed by atoms with Gasteiger partial charge in [0.05, 0.1) is 11.6 Å². The van der Waals surface area contributed by atoms with Crippen LogP contribution in [0.25, 0.3) is 21.9 Å². The Morgan fingerprint density at radius 1 is 1.38 bits per heavy atom. The fourth-order valence-corrected chi connectivity index (χ4v) is 2.58. The maximum absolute atomic E-state index is 12.3. The number of aliphatic hydroxyl groups is 1. The molecule has 2 heterocycles. The number of furan rings is 1. The molecule has 0 spiro atoms. The second-order valence-corrected chi connectivity index (χ2v) is 5.54. The molecule has 0 aliphatic heterocycles. The molecule has 0 aliphatic carbocycles. The molecule has 0 saturated heterocycles.